The normalized spacial score (nSPS) is 13.2. The van der Waals surface area contributed by atoms with E-state index in [1.165, 1.54) is 10.9 Å². The van der Waals surface area contributed by atoms with Gasteiger partial charge < -0.3 is 5.73 Å². The summed E-state index contributed by atoms with van der Waals surface area (Å²) in [4.78, 5) is 0.406. The van der Waals surface area contributed by atoms with Crippen LogP contribution in [0.15, 0.2) is 84.9 Å². The molecule has 0 radical (unpaired) electrons. The van der Waals surface area contributed by atoms with E-state index in [0.717, 1.165) is 17.0 Å². The lowest BCUT2D eigenvalue weighted by atomic mass is 10.2. The van der Waals surface area contributed by atoms with Gasteiger partial charge in [-0.25, -0.2) is 0 Å². The fourth-order valence-electron chi connectivity index (χ4n) is 2.82. The molecule has 24 heavy (non-hydrogen) atoms. The predicted octanol–water partition coefficient (Wildman–Crippen LogP) is 3.95. The lowest BCUT2D eigenvalue weighted by molar-refractivity contribution is 1.40. The molecule has 1 unspecified atom stereocenters. The third kappa shape index (κ3) is 3.49. The molecule has 3 aromatic rings. The van der Waals surface area contributed by atoms with Crippen molar-refractivity contribution in [3.05, 3.63) is 96.1 Å². The van der Waals surface area contributed by atoms with E-state index in [1.54, 1.807) is 0 Å². The molecule has 0 saturated carbocycles. The van der Waals surface area contributed by atoms with Crippen molar-refractivity contribution >= 4 is 45.7 Å². The highest BCUT2D eigenvalue weighted by Gasteiger charge is 2.25. The van der Waals surface area contributed by atoms with E-state index in [4.69, 9.17) is 29.8 Å². The summed E-state index contributed by atoms with van der Waals surface area (Å²) < 4.78 is 0. The molecule has 0 aromatic heterocycles. The molecule has 3 rings (SSSR count). The van der Waals surface area contributed by atoms with Crippen LogP contribution in [0.25, 0.3) is 0 Å². The summed E-state index contributed by atoms with van der Waals surface area (Å²) in [6.45, 7) is 0. The summed E-state index contributed by atoms with van der Waals surface area (Å²) in [5, 5.41) is 2.29. The maximum atomic E-state index is 6.32. The highest BCUT2D eigenvalue weighted by atomic mass is 32.4. The molecule has 2 N–H and O–H groups in total. The first-order valence-corrected chi connectivity index (χ1v) is 11.1. The third-order valence-electron chi connectivity index (χ3n) is 3.98. The van der Waals surface area contributed by atoms with Crippen molar-refractivity contribution in [2.45, 2.75) is 6.16 Å². The van der Waals surface area contributed by atoms with E-state index >= 15 is 0 Å². The van der Waals surface area contributed by atoms with Gasteiger partial charge in [-0.05, 0) is 10.9 Å². The van der Waals surface area contributed by atoms with Crippen molar-refractivity contribution in [1.82, 2.24) is 0 Å². The van der Waals surface area contributed by atoms with E-state index in [2.05, 4.69) is 42.5 Å². The Balaban J connectivity index is 2.20. The Morgan fingerprint density at radius 2 is 1.33 bits per heavy atom. The van der Waals surface area contributed by atoms with Crippen LogP contribution < -0.4 is 16.3 Å². The molecular weight excluding hydrogens is 349 g/mol. The van der Waals surface area contributed by atoms with Crippen molar-refractivity contribution in [2.24, 2.45) is 5.73 Å². The van der Waals surface area contributed by atoms with Crippen LogP contribution in [0.4, 0.5) is 0 Å². The highest BCUT2D eigenvalue weighted by Crippen LogP contribution is 2.48. The Morgan fingerprint density at radius 3 is 1.96 bits per heavy atom. The van der Waals surface area contributed by atoms with Gasteiger partial charge in [0.05, 0.1) is 0 Å². The predicted molar refractivity (Wildman–Crippen MR) is 112 cm³/mol. The van der Waals surface area contributed by atoms with Crippen LogP contribution in [-0.4, -0.2) is 4.99 Å². The minimum absolute atomic E-state index is 0.406. The first-order valence-electron chi connectivity index (χ1n) is 7.69. The fraction of sp³-hybridized carbons (Fsp3) is 0.0500. The van der Waals surface area contributed by atoms with E-state index in [0.29, 0.717) is 4.99 Å². The van der Waals surface area contributed by atoms with Gasteiger partial charge in [-0.3, -0.25) is 0 Å². The van der Waals surface area contributed by atoms with Gasteiger partial charge in [0.25, 0.3) is 0 Å². The standard InChI is InChI=1S/C20H18NPS2/c21-20(23)18-13-7-8-14-19(18)22(24,17-11-5-2-6-12-17)15-16-9-3-1-4-10-16/h1-14H,15H2,(H2,21,23). The molecule has 0 aliphatic rings. The van der Waals surface area contributed by atoms with Crippen LogP contribution in [0.5, 0.6) is 0 Å². The largest absolute Gasteiger partial charge is 0.389 e. The molecule has 1 atom stereocenters. The molecule has 3 aromatic carbocycles. The Hall–Kier alpha value is -1.80. The SMILES string of the molecule is NC(=S)c1ccccc1P(=S)(Cc1ccccc1)c1ccccc1. The molecule has 0 spiro atoms. The molecule has 0 amide bonds. The average Bonchev–Trinajstić information content (AvgIpc) is 2.63. The zero-order valence-corrected chi connectivity index (χ0v) is 15.7. The van der Waals surface area contributed by atoms with Crippen molar-refractivity contribution in [3.8, 4) is 0 Å². The summed E-state index contributed by atoms with van der Waals surface area (Å²) in [5.41, 5.74) is 8.12. The number of nitrogens with two attached hydrogens (primary N) is 1. The van der Waals surface area contributed by atoms with Crippen LogP contribution in [0.2, 0.25) is 0 Å². The van der Waals surface area contributed by atoms with Gasteiger partial charge >= 0.3 is 0 Å². The van der Waals surface area contributed by atoms with Gasteiger partial charge in [-0.2, -0.15) is 0 Å². The molecule has 0 aliphatic carbocycles. The zero-order chi connectivity index (χ0) is 17.0. The lowest BCUT2D eigenvalue weighted by Gasteiger charge is -2.26. The van der Waals surface area contributed by atoms with Crippen molar-refractivity contribution in [3.63, 3.8) is 0 Å². The highest BCUT2D eigenvalue weighted by molar-refractivity contribution is 8.21. The Labute approximate surface area is 153 Å². The fourth-order valence-corrected chi connectivity index (χ4v) is 7.29. The zero-order valence-electron chi connectivity index (χ0n) is 13.1. The van der Waals surface area contributed by atoms with Gasteiger partial charge in [0, 0.05) is 23.1 Å². The number of hydrogen-bond donors (Lipinski definition) is 1. The Kier molecular flexibility index (Phi) is 5.25. The van der Waals surface area contributed by atoms with E-state index < -0.39 is 6.04 Å². The second-order valence-electron chi connectivity index (χ2n) is 5.60. The van der Waals surface area contributed by atoms with Crippen LogP contribution in [0.3, 0.4) is 0 Å². The molecule has 0 saturated heterocycles. The number of rotatable bonds is 5. The Morgan fingerprint density at radius 1 is 0.792 bits per heavy atom. The molecule has 120 valence electrons. The summed E-state index contributed by atoms with van der Waals surface area (Å²) in [6.07, 6.45) is 0.812. The minimum atomic E-state index is -2.07. The smallest absolute Gasteiger partial charge is 0.104 e. The first kappa shape index (κ1) is 17.0. The third-order valence-corrected chi connectivity index (χ3v) is 8.92. The van der Waals surface area contributed by atoms with Gasteiger partial charge in [0.2, 0.25) is 0 Å². The monoisotopic (exact) mass is 367 g/mol. The molecule has 0 heterocycles. The topological polar surface area (TPSA) is 26.0 Å². The molecule has 0 aliphatic heterocycles. The van der Waals surface area contributed by atoms with Gasteiger partial charge in [0.1, 0.15) is 4.99 Å². The summed E-state index contributed by atoms with van der Waals surface area (Å²) in [6, 6.07) is 26.7. The number of hydrogen-bond acceptors (Lipinski definition) is 2. The van der Waals surface area contributed by atoms with E-state index in [-0.39, 0.29) is 0 Å². The van der Waals surface area contributed by atoms with Crippen LogP contribution in [0.1, 0.15) is 11.1 Å². The summed E-state index contributed by atoms with van der Waals surface area (Å²) >= 11 is 11.6. The Bertz CT molecular complexity index is 892. The summed E-state index contributed by atoms with van der Waals surface area (Å²) in [7, 11) is 0. The number of benzene rings is 3. The van der Waals surface area contributed by atoms with Gasteiger partial charge in [-0.15, -0.1) is 0 Å². The van der Waals surface area contributed by atoms with Gasteiger partial charge in [0.15, 0.2) is 0 Å². The average molecular weight is 367 g/mol. The van der Waals surface area contributed by atoms with Crippen LogP contribution >= 0.6 is 18.3 Å². The molecule has 4 heteroatoms. The van der Waals surface area contributed by atoms with Crippen molar-refractivity contribution < 1.29 is 0 Å². The number of thiocarbonyl (C=S) groups is 1. The maximum Gasteiger partial charge on any atom is 0.104 e. The van der Waals surface area contributed by atoms with E-state index in [1.807, 2.05) is 42.5 Å². The molecule has 0 bridgehead atoms. The van der Waals surface area contributed by atoms with Crippen molar-refractivity contribution in [1.29, 1.82) is 0 Å². The van der Waals surface area contributed by atoms with Gasteiger partial charge in [-0.1, -0.05) is 109 Å². The van der Waals surface area contributed by atoms with Crippen LogP contribution in [-0.2, 0) is 18.0 Å². The quantitative estimate of drug-likeness (QED) is 0.546. The van der Waals surface area contributed by atoms with E-state index in [9.17, 15) is 0 Å². The maximum absolute atomic E-state index is 6.32. The molecular formula is C20H18NPS2. The summed E-state index contributed by atoms with van der Waals surface area (Å²) in [5.74, 6) is 0. The molecule has 1 nitrogen and oxygen atoms in total. The second kappa shape index (κ2) is 7.40. The minimum Gasteiger partial charge on any atom is -0.389 e. The first-order chi connectivity index (χ1) is 11.6. The second-order valence-corrected chi connectivity index (χ2v) is 10.7. The van der Waals surface area contributed by atoms with Crippen LogP contribution in [0, 0.1) is 0 Å². The molecule has 0 fully saturated rings. The van der Waals surface area contributed by atoms with Crippen molar-refractivity contribution in [2.75, 3.05) is 0 Å². The lowest BCUT2D eigenvalue weighted by Crippen LogP contribution is -2.25.